The summed E-state index contributed by atoms with van der Waals surface area (Å²) in [6.45, 7) is 0. The molecule has 0 N–H and O–H groups in total. The van der Waals surface area contributed by atoms with E-state index in [1.807, 2.05) is 0 Å². The third-order valence-electron chi connectivity index (χ3n) is 0. The van der Waals surface area contributed by atoms with Gasteiger partial charge in [-0.2, -0.15) is 0 Å². The van der Waals surface area contributed by atoms with E-state index in [0.717, 1.165) is 18.2 Å². The molecule has 0 saturated heterocycles. The van der Waals surface area contributed by atoms with Gasteiger partial charge in [0.25, 0.3) is 0 Å². The normalized spacial score (nSPS) is 0.429. The van der Waals surface area contributed by atoms with Crippen molar-refractivity contribution in [3.05, 3.63) is 37.1 Å². The van der Waals surface area contributed by atoms with Crippen molar-refractivity contribution in [1.82, 2.24) is 0 Å². The summed E-state index contributed by atoms with van der Waals surface area (Å²) in [6.07, 6.45) is 0. The molecule has 0 amide bonds. The Morgan fingerprint density at radius 2 is 0.571 bits per heavy atom. The average Bonchev–Trinajstić information content (AvgIpc) is 1.00. The predicted octanol–water partition coefficient (Wildman–Crippen LogP) is 2.26. The standard InChI is InChI=1S/5CH3.N.Os/h5*1H3;;/q5*-1;;. The zero-order valence-corrected chi connectivity index (χ0v) is 8.34. The molecule has 0 saturated carbocycles. The maximum atomic E-state index is 7.03. The van der Waals surface area contributed by atoms with Gasteiger partial charge >= 0.3 is 22.1 Å². The molecular weight excluding hydrogens is 264 g/mol. The molecule has 0 aliphatic carbocycles. The summed E-state index contributed by atoms with van der Waals surface area (Å²) in [5.41, 5.74) is 0. The topological polar surface area (TPSA) is 23.8 Å². The molecular formula is C5H15NOs-5. The van der Waals surface area contributed by atoms with Crippen molar-refractivity contribution in [1.29, 1.82) is 3.88 Å². The van der Waals surface area contributed by atoms with Crippen LogP contribution in [0, 0.1) is 41.0 Å². The van der Waals surface area contributed by atoms with E-state index in [4.69, 9.17) is 3.88 Å². The molecule has 0 aromatic heterocycles. The minimum atomic E-state index is 0. The fraction of sp³-hybridized carbons (Fsp3) is 0. The van der Waals surface area contributed by atoms with E-state index in [9.17, 15) is 0 Å². The summed E-state index contributed by atoms with van der Waals surface area (Å²) in [5, 5.41) is 0. The van der Waals surface area contributed by atoms with Gasteiger partial charge in [-0.25, -0.2) is 0 Å². The summed E-state index contributed by atoms with van der Waals surface area (Å²) in [6, 6.07) is 0. The summed E-state index contributed by atoms with van der Waals surface area (Å²) < 4.78 is 7.03. The average molecular weight is 279 g/mol. The molecule has 0 aromatic rings. The van der Waals surface area contributed by atoms with Gasteiger partial charge < -0.3 is 37.1 Å². The van der Waals surface area contributed by atoms with Gasteiger partial charge in [-0.1, -0.05) is 0 Å². The van der Waals surface area contributed by atoms with Gasteiger partial charge in [0.1, 0.15) is 0 Å². The molecule has 0 spiro atoms. The first kappa shape index (κ1) is 163. The van der Waals surface area contributed by atoms with Gasteiger partial charge in [-0.15, -0.1) is 0 Å². The first-order valence-corrected chi connectivity index (χ1v) is 1.29. The molecule has 2 heteroatoms. The van der Waals surface area contributed by atoms with Crippen molar-refractivity contribution in [2.75, 3.05) is 0 Å². The summed E-state index contributed by atoms with van der Waals surface area (Å²) in [4.78, 5) is 0. The van der Waals surface area contributed by atoms with E-state index in [2.05, 4.69) is 0 Å². The van der Waals surface area contributed by atoms with Crippen molar-refractivity contribution in [3.63, 3.8) is 0 Å². The monoisotopic (exact) mass is 281 g/mol. The Morgan fingerprint density at radius 3 is 0.571 bits per heavy atom. The Bertz CT molecular complexity index is 12.8. The van der Waals surface area contributed by atoms with E-state index in [1.54, 1.807) is 0 Å². The Kier molecular flexibility index (Phi) is 35300. The molecule has 1 nitrogen and oxygen atoms in total. The fourth-order valence-corrected chi connectivity index (χ4v) is 0. The number of nitrogens with zero attached hydrogens (tertiary/aromatic N) is 1. The van der Waals surface area contributed by atoms with Crippen molar-refractivity contribution < 1.29 is 18.2 Å². The molecule has 0 aliphatic rings. The Labute approximate surface area is 59.7 Å². The van der Waals surface area contributed by atoms with Crippen molar-refractivity contribution in [2.45, 2.75) is 0 Å². The van der Waals surface area contributed by atoms with E-state index >= 15 is 0 Å². The van der Waals surface area contributed by atoms with Crippen LogP contribution in [0.25, 0.3) is 0 Å². The second kappa shape index (κ2) is 1510. The zero-order valence-electron chi connectivity index (χ0n) is 5.80. The first-order valence-electron chi connectivity index (χ1n) is 0.158. The number of hydrogen-bond donors (Lipinski definition) is 0. The van der Waals surface area contributed by atoms with Gasteiger partial charge in [0, 0.05) is 0 Å². The first-order chi connectivity index (χ1) is 1.00. The molecule has 0 aliphatic heterocycles. The molecule has 0 atom stereocenters. The van der Waals surface area contributed by atoms with Crippen LogP contribution in [0.5, 0.6) is 0 Å². The van der Waals surface area contributed by atoms with Crippen LogP contribution in [-0.4, -0.2) is 0 Å². The minimum absolute atomic E-state index is 0. The van der Waals surface area contributed by atoms with E-state index in [0.29, 0.717) is 0 Å². The Hall–Kier alpha value is 0.346. The van der Waals surface area contributed by atoms with Crippen molar-refractivity contribution in [3.8, 4) is 0 Å². The third-order valence-corrected chi connectivity index (χ3v) is 0. The van der Waals surface area contributed by atoms with Crippen LogP contribution in [0.4, 0.5) is 0 Å². The molecule has 0 bridgehead atoms. The number of hydrogen-bond acceptors (Lipinski definition) is 1. The molecule has 0 rings (SSSR count). The summed E-state index contributed by atoms with van der Waals surface area (Å²) in [5.74, 6) is 0. The predicted molar refractivity (Wildman–Crippen MR) is 33.8 cm³/mol. The van der Waals surface area contributed by atoms with Crippen LogP contribution in [-0.2, 0) is 18.2 Å². The second-order valence-electron chi connectivity index (χ2n) is 0. The molecule has 0 fully saturated rings. The van der Waals surface area contributed by atoms with Crippen LogP contribution in [0.15, 0.2) is 0 Å². The quantitative estimate of drug-likeness (QED) is 0.624. The van der Waals surface area contributed by atoms with Crippen LogP contribution in [0.1, 0.15) is 0 Å². The van der Waals surface area contributed by atoms with Gasteiger partial charge in [-0.3, -0.25) is 0 Å². The van der Waals surface area contributed by atoms with Gasteiger partial charge in [0.2, 0.25) is 0 Å². The van der Waals surface area contributed by atoms with Crippen molar-refractivity contribution in [2.24, 2.45) is 0 Å². The van der Waals surface area contributed by atoms with Gasteiger partial charge in [0.15, 0.2) is 0 Å². The second-order valence-corrected chi connectivity index (χ2v) is 0. The van der Waals surface area contributed by atoms with E-state index in [-0.39, 0.29) is 37.1 Å². The van der Waals surface area contributed by atoms with Crippen LogP contribution in [0.3, 0.4) is 0 Å². The third kappa shape index (κ3) is 999. The number of rotatable bonds is 0. The fourth-order valence-electron chi connectivity index (χ4n) is 0. The summed E-state index contributed by atoms with van der Waals surface area (Å²) >= 11 is 0.861. The molecule has 0 unspecified atom stereocenters. The molecule has 0 heterocycles. The zero-order chi connectivity index (χ0) is 2.00. The van der Waals surface area contributed by atoms with Gasteiger partial charge in [-0.05, 0) is 0 Å². The Balaban J connectivity index is -0.000000000500. The summed E-state index contributed by atoms with van der Waals surface area (Å²) in [7, 11) is 0. The van der Waals surface area contributed by atoms with E-state index in [1.165, 1.54) is 0 Å². The SMILES string of the molecule is [CH3-].[CH3-].[CH3-].[CH3-].[CH3-].[N]#[Os]. The molecule has 7 heavy (non-hydrogen) atoms. The van der Waals surface area contributed by atoms with E-state index < -0.39 is 0 Å². The van der Waals surface area contributed by atoms with Crippen molar-refractivity contribution >= 4 is 0 Å². The maximum absolute atomic E-state index is 7.03. The molecule has 0 aromatic carbocycles. The van der Waals surface area contributed by atoms with Crippen LogP contribution >= 0.6 is 0 Å². The van der Waals surface area contributed by atoms with Crippen LogP contribution in [0.2, 0.25) is 0 Å². The molecule has 53 valence electrons. The molecule has 0 radical (unpaired) electrons. The Morgan fingerprint density at radius 1 is 0.571 bits per heavy atom. The van der Waals surface area contributed by atoms with Gasteiger partial charge in [0.05, 0.1) is 0 Å². The van der Waals surface area contributed by atoms with Crippen LogP contribution < -0.4 is 0 Å².